The van der Waals surface area contributed by atoms with Gasteiger partial charge in [-0.3, -0.25) is 0 Å². The molecule has 0 bridgehead atoms. The van der Waals surface area contributed by atoms with Crippen LogP contribution in [0.15, 0.2) is 48.5 Å². The minimum atomic E-state index is -0.868. The summed E-state index contributed by atoms with van der Waals surface area (Å²) in [6.07, 6.45) is 3.26. The van der Waals surface area contributed by atoms with Gasteiger partial charge in [0.1, 0.15) is 6.61 Å². The van der Waals surface area contributed by atoms with Crippen molar-refractivity contribution in [3.05, 3.63) is 71.6 Å². The SMILES string of the molecule is O=C(NCCC=Cc1cc(F)nc(F)c1)OCc1ccccc1. The van der Waals surface area contributed by atoms with Gasteiger partial charge in [-0.2, -0.15) is 13.8 Å². The van der Waals surface area contributed by atoms with E-state index < -0.39 is 18.0 Å². The first-order valence-corrected chi connectivity index (χ1v) is 7.07. The summed E-state index contributed by atoms with van der Waals surface area (Å²) >= 11 is 0. The summed E-state index contributed by atoms with van der Waals surface area (Å²) < 4.78 is 30.8. The Balaban J connectivity index is 1.66. The molecule has 1 aromatic carbocycles. The first-order chi connectivity index (χ1) is 11.1. The number of carbonyl (C=O) groups excluding carboxylic acids is 1. The van der Waals surface area contributed by atoms with Crippen LogP contribution in [0.3, 0.4) is 0 Å². The number of nitrogens with one attached hydrogen (secondary N) is 1. The molecule has 1 amide bonds. The average molecular weight is 318 g/mol. The first kappa shape index (κ1) is 16.6. The summed E-state index contributed by atoms with van der Waals surface area (Å²) in [4.78, 5) is 14.5. The Hall–Kier alpha value is -2.76. The van der Waals surface area contributed by atoms with Gasteiger partial charge in [0.2, 0.25) is 11.9 Å². The van der Waals surface area contributed by atoms with Gasteiger partial charge >= 0.3 is 6.09 Å². The van der Waals surface area contributed by atoms with Crippen LogP contribution >= 0.6 is 0 Å². The molecule has 0 aliphatic carbocycles. The highest BCUT2D eigenvalue weighted by molar-refractivity contribution is 5.67. The predicted molar refractivity (Wildman–Crippen MR) is 82.4 cm³/mol. The lowest BCUT2D eigenvalue weighted by atomic mass is 10.2. The molecule has 120 valence electrons. The molecule has 0 aliphatic rings. The number of rotatable bonds is 6. The summed E-state index contributed by atoms with van der Waals surface area (Å²) in [6, 6.07) is 11.6. The molecule has 0 spiro atoms. The molecular weight excluding hydrogens is 302 g/mol. The first-order valence-electron chi connectivity index (χ1n) is 7.07. The van der Waals surface area contributed by atoms with Crippen LogP contribution < -0.4 is 5.32 Å². The highest BCUT2D eigenvalue weighted by Gasteiger charge is 2.01. The summed E-state index contributed by atoms with van der Waals surface area (Å²) in [7, 11) is 0. The lowest BCUT2D eigenvalue weighted by Crippen LogP contribution is -2.24. The number of nitrogens with zero attached hydrogens (tertiary/aromatic N) is 1. The average Bonchev–Trinajstić information content (AvgIpc) is 2.53. The number of aromatic nitrogens is 1. The molecule has 0 radical (unpaired) electrons. The van der Waals surface area contributed by atoms with Crippen molar-refractivity contribution >= 4 is 12.2 Å². The molecule has 0 atom stereocenters. The fourth-order valence-electron chi connectivity index (χ4n) is 1.83. The van der Waals surface area contributed by atoms with E-state index >= 15 is 0 Å². The van der Waals surface area contributed by atoms with Crippen molar-refractivity contribution in [2.45, 2.75) is 13.0 Å². The van der Waals surface area contributed by atoms with Gasteiger partial charge in [0.05, 0.1) is 0 Å². The highest BCUT2D eigenvalue weighted by Crippen LogP contribution is 2.06. The third kappa shape index (κ3) is 6.25. The summed E-state index contributed by atoms with van der Waals surface area (Å²) in [5, 5.41) is 2.59. The second kappa shape index (κ2) is 8.63. The molecule has 0 saturated carbocycles. The van der Waals surface area contributed by atoms with Crippen molar-refractivity contribution in [1.29, 1.82) is 0 Å². The van der Waals surface area contributed by atoms with E-state index in [1.807, 2.05) is 30.3 Å². The van der Waals surface area contributed by atoms with Crippen molar-refractivity contribution in [2.24, 2.45) is 0 Å². The quantitative estimate of drug-likeness (QED) is 0.653. The second-order valence-electron chi connectivity index (χ2n) is 4.73. The molecule has 0 unspecified atom stereocenters. The number of pyridine rings is 1. The fourth-order valence-corrected chi connectivity index (χ4v) is 1.83. The Morgan fingerprint density at radius 3 is 2.57 bits per heavy atom. The number of halogens is 2. The molecule has 0 saturated heterocycles. The Morgan fingerprint density at radius 1 is 1.17 bits per heavy atom. The van der Waals surface area contributed by atoms with Crippen LogP contribution in [0.2, 0.25) is 0 Å². The summed E-state index contributed by atoms with van der Waals surface area (Å²) in [5.41, 5.74) is 1.28. The van der Waals surface area contributed by atoms with E-state index in [4.69, 9.17) is 4.74 Å². The molecular formula is C17H16F2N2O2. The van der Waals surface area contributed by atoms with Crippen molar-refractivity contribution in [3.8, 4) is 0 Å². The third-order valence-corrected chi connectivity index (χ3v) is 2.89. The van der Waals surface area contributed by atoms with E-state index in [9.17, 15) is 13.6 Å². The van der Waals surface area contributed by atoms with Crippen LogP contribution in [0.1, 0.15) is 17.5 Å². The molecule has 1 heterocycles. The third-order valence-electron chi connectivity index (χ3n) is 2.89. The van der Waals surface area contributed by atoms with Crippen LogP contribution in [-0.2, 0) is 11.3 Å². The number of carbonyl (C=O) groups is 1. The topological polar surface area (TPSA) is 51.2 Å². The molecule has 4 nitrogen and oxygen atoms in total. The fraction of sp³-hybridized carbons (Fsp3) is 0.176. The molecule has 23 heavy (non-hydrogen) atoms. The van der Waals surface area contributed by atoms with Crippen LogP contribution in [0.25, 0.3) is 6.08 Å². The summed E-state index contributed by atoms with van der Waals surface area (Å²) in [5.74, 6) is -1.74. The lowest BCUT2D eigenvalue weighted by Gasteiger charge is -2.05. The van der Waals surface area contributed by atoms with E-state index in [2.05, 4.69) is 10.3 Å². The molecule has 2 aromatic rings. The Labute approximate surface area is 132 Å². The zero-order valence-corrected chi connectivity index (χ0v) is 12.3. The molecule has 2 rings (SSSR count). The van der Waals surface area contributed by atoms with Crippen LogP contribution in [-0.4, -0.2) is 17.6 Å². The van der Waals surface area contributed by atoms with Crippen LogP contribution in [0.5, 0.6) is 0 Å². The van der Waals surface area contributed by atoms with E-state index in [0.717, 1.165) is 17.7 Å². The number of hydrogen-bond donors (Lipinski definition) is 1. The molecule has 0 fully saturated rings. The smallest absolute Gasteiger partial charge is 0.407 e. The number of ether oxygens (including phenoxy) is 1. The minimum absolute atomic E-state index is 0.206. The number of benzene rings is 1. The monoisotopic (exact) mass is 318 g/mol. The maximum Gasteiger partial charge on any atom is 0.407 e. The van der Waals surface area contributed by atoms with Crippen molar-refractivity contribution in [3.63, 3.8) is 0 Å². The Bertz CT molecular complexity index is 655. The van der Waals surface area contributed by atoms with Gasteiger partial charge in [-0.05, 0) is 17.5 Å². The predicted octanol–water partition coefficient (Wildman–Crippen LogP) is 3.69. The lowest BCUT2D eigenvalue weighted by molar-refractivity contribution is 0.140. The van der Waals surface area contributed by atoms with Gasteiger partial charge in [-0.1, -0.05) is 42.5 Å². The van der Waals surface area contributed by atoms with Gasteiger partial charge in [0, 0.05) is 18.7 Å². The normalized spacial score (nSPS) is 10.7. The Kier molecular flexibility index (Phi) is 6.23. The Morgan fingerprint density at radius 2 is 1.87 bits per heavy atom. The molecule has 0 aliphatic heterocycles. The zero-order valence-electron chi connectivity index (χ0n) is 12.3. The highest BCUT2D eigenvalue weighted by atomic mass is 19.1. The van der Waals surface area contributed by atoms with Gasteiger partial charge in [-0.15, -0.1) is 0 Å². The van der Waals surface area contributed by atoms with E-state index in [1.54, 1.807) is 12.2 Å². The summed E-state index contributed by atoms with van der Waals surface area (Å²) in [6.45, 7) is 0.568. The van der Waals surface area contributed by atoms with Gasteiger partial charge < -0.3 is 10.1 Å². The zero-order chi connectivity index (χ0) is 16.5. The number of amides is 1. The van der Waals surface area contributed by atoms with E-state index in [-0.39, 0.29) is 6.61 Å². The van der Waals surface area contributed by atoms with Crippen molar-refractivity contribution < 1.29 is 18.3 Å². The molecule has 1 aromatic heterocycles. The standard InChI is InChI=1S/C17H16F2N2O2/c18-15-10-14(11-16(19)21-15)8-4-5-9-20-17(22)23-12-13-6-2-1-3-7-13/h1-4,6-8,10-11H,5,9,12H2,(H,20,22). The largest absolute Gasteiger partial charge is 0.445 e. The molecule has 6 heteroatoms. The van der Waals surface area contributed by atoms with Gasteiger partial charge in [-0.25, -0.2) is 4.79 Å². The van der Waals surface area contributed by atoms with Crippen LogP contribution in [0.4, 0.5) is 13.6 Å². The number of hydrogen-bond acceptors (Lipinski definition) is 3. The van der Waals surface area contributed by atoms with E-state index in [1.165, 1.54) is 0 Å². The van der Waals surface area contributed by atoms with E-state index in [0.29, 0.717) is 18.5 Å². The minimum Gasteiger partial charge on any atom is -0.445 e. The maximum absolute atomic E-state index is 12.9. The second-order valence-corrected chi connectivity index (χ2v) is 4.73. The maximum atomic E-state index is 12.9. The number of alkyl carbamates (subject to hydrolysis) is 1. The van der Waals surface area contributed by atoms with Crippen molar-refractivity contribution in [2.75, 3.05) is 6.54 Å². The van der Waals surface area contributed by atoms with Crippen LogP contribution in [0, 0.1) is 11.9 Å². The van der Waals surface area contributed by atoms with Gasteiger partial charge in [0.15, 0.2) is 0 Å². The van der Waals surface area contributed by atoms with Gasteiger partial charge in [0.25, 0.3) is 0 Å². The molecule has 1 N–H and O–H groups in total. The van der Waals surface area contributed by atoms with Crippen molar-refractivity contribution in [1.82, 2.24) is 10.3 Å².